The van der Waals surface area contributed by atoms with Gasteiger partial charge in [0.05, 0.1) is 6.54 Å². The van der Waals surface area contributed by atoms with Crippen molar-refractivity contribution in [1.82, 2.24) is 4.90 Å². The molecule has 0 aromatic heterocycles. The van der Waals surface area contributed by atoms with Gasteiger partial charge in [-0.15, -0.1) is 0 Å². The third kappa shape index (κ3) is 2.59. The number of likely N-dealkylation sites (N-methyl/N-ethyl adjacent to an activating group) is 1. The highest BCUT2D eigenvalue weighted by Gasteiger charge is 2.31. The molecule has 1 aromatic carbocycles. The summed E-state index contributed by atoms with van der Waals surface area (Å²) < 4.78 is 10.6. The molecule has 4 heteroatoms. The van der Waals surface area contributed by atoms with E-state index in [4.69, 9.17) is 9.47 Å². The molecule has 19 heavy (non-hydrogen) atoms. The Labute approximate surface area is 113 Å². The van der Waals surface area contributed by atoms with Crippen LogP contribution in [0.2, 0.25) is 0 Å². The molecule has 1 aliphatic carbocycles. The van der Waals surface area contributed by atoms with E-state index in [1.54, 1.807) is 12.1 Å². The number of nitrogens with zero attached hydrogens (tertiary/aromatic N) is 1. The van der Waals surface area contributed by atoms with Crippen LogP contribution in [0.4, 0.5) is 0 Å². The Morgan fingerprint density at radius 1 is 1.37 bits per heavy atom. The number of hydrogen-bond acceptors (Lipinski definition) is 4. The molecule has 0 bridgehead atoms. The number of benzene rings is 1. The van der Waals surface area contributed by atoms with Crippen LogP contribution in [-0.2, 0) is 0 Å². The standard InChI is InChI=1S/C15H19NO3/c1-10(11-3-4-11)16(2)8-13(17)12-5-6-14-15(7-12)19-9-18-14/h5-7,10-11H,3-4,8-9H2,1-2H3. The van der Waals surface area contributed by atoms with Crippen molar-refractivity contribution < 1.29 is 14.3 Å². The van der Waals surface area contributed by atoms with Crippen LogP contribution in [0.25, 0.3) is 0 Å². The molecule has 4 nitrogen and oxygen atoms in total. The van der Waals surface area contributed by atoms with Crippen molar-refractivity contribution in [2.24, 2.45) is 5.92 Å². The molecule has 0 saturated heterocycles. The average Bonchev–Trinajstić information content (AvgIpc) is 3.15. The zero-order valence-corrected chi connectivity index (χ0v) is 11.4. The second-order valence-corrected chi connectivity index (χ2v) is 5.48. The Morgan fingerprint density at radius 2 is 2.11 bits per heavy atom. The lowest BCUT2D eigenvalue weighted by molar-refractivity contribution is 0.0916. The van der Waals surface area contributed by atoms with Gasteiger partial charge in [0, 0.05) is 11.6 Å². The van der Waals surface area contributed by atoms with Crippen molar-refractivity contribution in [1.29, 1.82) is 0 Å². The Kier molecular flexibility index (Phi) is 3.19. The summed E-state index contributed by atoms with van der Waals surface area (Å²) in [6.45, 7) is 2.90. The molecular weight excluding hydrogens is 242 g/mol. The molecule has 0 radical (unpaired) electrons. The fourth-order valence-corrected chi connectivity index (χ4v) is 2.47. The van der Waals surface area contributed by atoms with Gasteiger partial charge in [-0.25, -0.2) is 0 Å². The zero-order chi connectivity index (χ0) is 13.4. The maximum Gasteiger partial charge on any atom is 0.231 e. The first-order valence-corrected chi connectivity index (χ1v) is 6.78. The summed E-state index contributed by atoms with van der Waals surface area (Å²) in [5.41, 5.74) is 0.694. The Balaban J connectivity index is 1.66. The molecular formula is C15H19NO3. The number of carbonyl (C=O) groups excluding carboxylic acids is 1. The summed E-state index contributed by atoms with van der Waals surface area (Å²) in [6, 6.07) is 5.88. The van der Waals surface area contributed by atoms with Crippen molar-refractivity contribution in [2.45, 2.75) is 25.8 Å². The van der Waals surface area contributed by atoms with E-state index in [1.165, 1.54) is 12.8 Å². The number of carbonyl (C=O) groups is 1. The van der Waals surface area contributed by atoms with Crippen molar-refractivity contribution in [3.63, 3.8) is 0 Å². The minimum Gasteiger partial charge on any atom is -0.454 e. The summed E-state index contributed by atoms with van der Waals surface area (Å²) in [4.78, 5) is 14.4. The number of fused-ring (bicyclic) bond motifs is 1. The number of ketones is 1. The number of hydrogen-bond donors (Lipinski definition) is 0. The molecule has 1 saturated carbocycles. The van der Waals surface area contributed by atoms with E-state index >= 15 is 0 Å². The first-order chi connectivity index (χ1) is 9.15. The predicted molar refractivity (Wildman–Crippen MR) is 71.7 cm³/mol. The minimum atomic E-state index is 0.133. The Hall–Kier alpha value is -1.55. The van der Waals surface area contributed by atoms with E-state index in [0.29, 0.717) is 23.9 Å². The number of rotatable bonds is 5. The lowest BCUT2D eigenvalue weighted by Crippen LogP contribution is -2.35. The maximum atomic E-state index is 12.3. The summed E-state index contributed by atoms with van der Waals surface area (Å²) in [7, 11) is 2.02. The summed E-state index contributed by atoms with van der Waals surface area (Å²) in [6.07, 6.45) is 2.59. The molecule has 1 atom stereocenters. The van der Waals surface area contributed by atoms with Crippen molar-refractivity contribution in [2.75, 3.05) is 20.4 Å². The Morgan fingerprint density at radius 3 is 2.84 bits per heavy atom. The van der Waals surface area contributed by atoms with Gasteiger partial charge in [0.1, 0.15) is 0 Å². The van der Waals surface area contributed by atoms with Gasteiger partial charge >= 0.3 is 0 Å². The van der Waals surface area contributed by atoms with Crippen LogP contribution in [0.15, 0.2) is 18.2 Å². The van der Waals surface area contributed by atoms with Gasteiger partial charge in [0.2, 0.25) is 6.79 Å². The van der Waals surface area contributed by atoms with E-state index < -0.39 is 0 Å². The highest BCUT2D eigenvalue weighted by atomic mass is 16.7. The average molecular weight is 261 g/mol. The van der Waals surface area contributed by atoms with Crippen LogP contribution >= 0.6 is 0 Å². The molecule has 0 spiro atoms. The lowest BCUT2D eigenvalue weighted by atomic mass is 10.1. The summed E-state index contributed by atoms with van der Waals surface area (Å²) in [5, 5.41) is 0. The topological polar surface area (TPSA) is 38.8 Å². The largest absolute Gasteiger partial charge is 0.454 e. The Bertz CT molecular complexity index is 496. The van der Waals surface area contributed by atoms with E-state index in [9.17, 15) is 4.79 Å². The quantitative estimate of drug-likeness (QED) is 0.763. The van der Waals surface area contributed by atoms with Crippen LogP contribution in [0.5, 0.6) is 11.5 Å². The second kappa shape index (κ2) is 4.85. The number of ether oxygens (including phenoxy) is 2. The molecule has 1 fully saturated rings. The van der Waals surface area contributed by atoms with Gasteiger partial charge in [0.25, 0.3) is 0 Å². The van der Waals surface area contributed by atoms with Crippen LogP contribution in [-0.4, -0.2) is 37.1 Å². The fraction of sp³-hybridized carbons (Fsp3) is 0.533. The third-order valence-electron chi connectivity index (χ3n) is 4.09. The van der Waals surface area contributed by atoms with E-state index in [2.05, 4.69) is 11.8 Å². The number of Topliss-reactive ketones (excluding diaryl/α,β-unsaturated/α-hetero) is 1. The molecule has 1 aromatic rings. The molecule has 1 aliphatic heterocycles. The molecule has 3 rings (SSSR count). The minimum absolute atomic E-state index is 0.133. The zero-order valence-electron chi connectivity index (χ0n) is 11.4. The fourth-order valence-electron chi connectivity index (χ4n) is 2.47. The predicted octanol–water partition coefficient (Wildman–Crippen LogP) is 2.33. The van der Waals surface area contributed by atoms with Crippen molar-refractivity contribution in [3.8, 4) is 11.5 Å². The van der Waals surface area contributed by atoms with E-state index in [0.717, 1.165) is 11.7 Å². The van der Waals surface area contributed by atoms with E-state index in [-0.39, 0.29) is 12.6 Å². The van der Waals surface area contributed by atoms with Gasteiger partial charge in [-0.2, -0.15) is 0 Å². The normalized spacial score (nSPS) is 18.7. The smallest absolute Gasteiger partial charge is 0.231 e. The highest BCUT2D eigenvalue weighted by molar-refractivity contribution is 5.98. The van der Waals surface area contributed by atoms with Crippen molar-refractivity contribution in [3.05, 3.63) is 23.8 Å². The molecule has 1 heterocycles. The van der Waals surface area contributed by atoms with Gasteiger partial charge in [-0.1, -0.05) is 0 Å². The molecule has 0 N–H and O–H groups in total. The van der Waals surface area contributed by atoms with Crippen LogP contribution in [0.1, 0.15) is 30.1 Å². The summed E-state index contributed by atoms with van der Waals surface area (Å²) >= 11 is 0. The third-order valence-corrected chi connectivity index (χ3v) is 4.09. The molecule has 2 aliphatic rings. The molecule has 1 unspecified atom stereocenters. The highest BCUT2D eigenvalue weighted by Crippen LogP contribution is 2.35. The van der Waals surface area contributed by atoms with E-state index in [1.807, 2.05) is 13.1 Å². The van der Waals surface area contributed by atoms with Crippen LogP contribution in [0.3, 0.4) is 0 Å². The monoisotopic (exact) mass is 261 g/mol. The molecule has 102 valence electrons. The molecule has 0 amide bonds. The van der Waals surface area contributed by atoms with Crippen LogP contribution < -0.4 is 9.47 Å². The first kappa shape index (κ1) is 12.5. The SMILES string of the molecule is CC(C1CC1)N(C)CC(=O)c1ccc2c(c1)OCO2. The summed E-state index contributed by atoms with van der Waals surface area (Å²) in [5.74, 6) is 2.29. The van der Waals surface area contributed by atoms with Gasteiger partial charge in [0.15, 0.2) is 17.3 Å². The maximum absolute atomic E-state index is 12.3. The van der Waals surface area contributed by atoms with Crippen molar-refractivity contribution >= 4 is 5.78 Å². The van der Waals surface area contributed by atoms with Crippen LogP contribution in [0, 0.1) is 5.92 Å². The van der Waals surface area contributed by atoms with Gasteiger partial charge in [-0.3, -0.25) is 9.69 Å². The van der Waals surface area contributed by atoms with Gasteiger partial charge in [-0.05, 0) is 50.9 Å². The lowest BCUT2D eigenvalue weighted by Gasteiger charge is -2.23. The second-order valence-electron chi connectivity index (χ2n) is 5.48. The first-order valence-electron chi connectivity index (χ1n) is 6.78. The van der Waals surface area contributed by atoms with Gasteiger partial charge < -0.3 is 9.47 Å².